The van der Waals surface area contributed by atoms with Crippen LogP contribution < -0.4 is 4.72 Å². The van der Waals surface area contributed by atoms with Crippen LogP contribution in [0, 0.1) is 18.3 Å². The first kappa shape index (κ1) is 15.5. The van der Waals surface area contributed by atoms with Crippen molar-refractivity contribution in [1.29, 1.82) is 5.26 Å². The number of anilines is 1. The highest BCUT2D eigenvalue weighted by atomic mass is 32.2. The number of nitriles is 1. The number of aryl methyl sites for hydroxylation is 1. The van der Waals surface area contributed by atoms with Gasteiger partial charge in [-0.2, -0.15) is 5.26 Å². The largest absolute Gasteiger partial charge is 0.284 e. The summed E-state index contributed by atoms with van der Waals surface area (Å²) in [5.74, 6) is -0.0389. The molecule has 6 heteroatoms. The van der Waals surface area contributed by atoms with E-state index in [1.165, 1.54) is 5.56 Å². The second-order valence-corrected chi connectivity index (χ2v) is 7.45. The molecule has 2 rings (SSSR count). The molecule has 0 aliphatic carbocycles. The zero-order chi connectivity index (χ0) is 15.3. The highest BCUT2D eigenvalue weighted by Gasteiger charge is 2.11. The highest BCUT2D eigenvalue weighted by molar-refractivity contribution is 7.92. The Labute approximate surface area is 129 Å². The first-order chi connectivity index (χ1) is 10.0. The van der Waals surface area contributed by atoms with E-state index in [2.05, 4.69) is 4.72 Å². The molecule has 0 bridgehead atoms. The molecule has 0 fully saturated rings. The van der Waals surface area contributed by atoms with Gasteiger partial charge in [-0.05, 0) is 48.1 Å². The summed E-state index contributed by atoms with van der Waals surface area (Å²) in [6.07, 6.45) is 0.588. The van der Waals surface area contributed by atoms with Gasteiger partial charge in [-0.15, -0.1) is 11.3 Å². The fourth-order valence-electron chi connectivity index (χ4n) is 1.96. The monoisotopic (exact) mass is 320 g/mol. The van der Waals surface area contributed by atoms with E-state index in [1.807, 2.05) is 42.6 Å². The Morgan fingerprint density at radius 3 is 2.81 bits per heavy atom. The summed E-state index contributed by atoms with van der Waals surface area (Å²) in [5.41, 5.74) is 2.73. The number of hydrogen-bond acceptors (Lipinski definition) is 4. The van der Waals surface area contributed by atoms with Gasteiger partial charge in [0.2, 0.25) is 10.0 Å². The van der Waals surface area contributed by atoms with E-state index in [0.717, 1.165) is 10.4 Å². The molecule has 2 aromatic rings. The van der Waals surface area contributed by atoms with Gasteiger partial charge in [0, 0.05) is 17.0 Å². The molecule has 0 saturated carbocycles. The van der Waals surface area contributed by atoms with E-state index in [4.69, 9.17) is 5.26 Å². The zero-order valence-electron chi connectivity index (χ0n) is 11.7. The van der Waals surface area contributed by atoms with Gasteiger partial charge in [0.15, 0.2) is 0 Å². The number of nitrogens with one attached hydrogen (secondary N) is 1. The maximum atomic E-state index is 11.9. The number of rotatable bonds is 6. The van der Waals surface area contributed by atoms with Crippen molar-refractivity contribution in [3.63, 3.8) is 0 Å². The van der Waals surface area contributed by atoms with Gasteiger partial charge in [-0.1, -0.05) is 12.1 Å². The summed E-state index contributed by atoms with van der Waals surface area (Å²) in [6, 6.07) is 11.4. The normalized spacial score (nSPS) is 11.0. The van der Waals surface area contributed by atoms with E-state index in [0.29, 0.717) is 12.1 Å². The summed E-state index contributed by atoms with van der Waals surface area (Å²) >= 11 is 1.63. The van der Waals surface area contributed by atoms with Crippen LogP contribution >= 0.6 is 11.3 Å². The van der Waals surface area contributed by atoms with Crippen LogP contribution in [0.1, 0.15) is 18.4 Å². The molecule has 0 saturated heterocycles. The van der Waals surface area contributed by atoms with Crippen LogP contribution in [0.25, 0.3) is 10.4 Å². The Hall–Kier alpha value is -1.84. The lowest BCUT2D eigenvalue weighted by Crippen LogP contribution is -2.16. The van der Waals surface area contributed by atoms with Crippen LogP contribution in [-0.4, -0.2) is 14.2 Å². The summed E-state index contributed by atoms with van der Waals surface area (Å²) in [4.78, 5) is 1.14. The number of benzene rings is 1. The molecule has 0 aliphatic rings. The number of thiophene rings is 1. The highest BCUT2D eigenvalue weighted by Crippen LogP contribution is 2.30. The smallest absolute Gasteiger partial charge is 0.232 e. The van der Waals surface area contributed by atoms with E-state index in [-0.39, 0.29) is 12.2 Å². The summed E-state index contributed by atoms with van der Waals surface area (Å²) in [6.45, 7) is 2.03. The van der Waals surface area contributed by atoms with Crippen molar-refractivity contribution in [3.05, 3.63) is 41.3 Å². The van der Waals surface area contributed by atoms with Gasteiger partial charge in [0.1, 0.15) is 0 Å². The van der Waals surface area contributed by atoms with Crippen LogP contribution in [0.15, 0.2) is 35.7 Å². The summed E-state index contributed by atoms with van der Waals surface area (Å²) < 4.78 is 26.4. The second-order valence-electron chi connectivity index (χ2n) is 4.70. The van der Waals surface area contributed by atoms with Crippen molar-refractivity contribution in [2.45, 2.75) is 19.8 Å². The minimum atomic E-state index is -3.40. The Bertz CT molecular complexity index is 758. The molecular formula is C15H16N2O2S2. The van der Waals surface area contributed by atoms with E-state index in [1.54, 1.807) is 17.4 Å². The minimum absolute atomic E-state index is 0.0389. The molecule has 0 amide bonds. The molecule has 1 heterocycles. The van der Waals surface area contributed by atoms with Crippen molar-refractivity contribution in [3.8, 4) is 16.5 Å². The quantitative estimate of drug-likeness (QED) is 0.824. The fourth-order valence-corrected chi connectivity index (χ4v) is 4.00. The van der Waals surface area contributed by atoms with Crippen LogP contribution in [0.2, 0.25) is 0 Å². The Morgan fingerprint density at radius 2 is 2.14 bits per heavy atom. The standard InChI is InChI=1S/C15H16N2O2S2/c1-12-7-9-20-15(12)13-5-4-6-14(11-13)17-21(18,19)10-3-2-8-16/h4-7,9,11,17H,2-3,10H2,1H3. The molecule has 110 valence electrons. The van der Waals surface area contributed by atoms with E-state index < -0.39 is 10.0 Å². The predicted molar refractivity (Wildman–Crippen MR) is 86.7 cm³/mol. The molecule has 1 N–H and O–H groups in total. The molecule has 1 aromatic carbocycles. The van der Waals surface area contributed by atoms with Crippen molar-refractivity contribution in [2.75, 3.05) is 10.5 Å². The van der Waals surface area contributed by atoms with Gasteiger partial charge < -0.3 is 0 Å². The van der Waals surface area contributed by atoms with Crippen LogP contribution in [0.3, 0.4) is 0 Å². The van der Waals surface area contributed by atoms with E-state index in [9.17, 15) is 8.42 Å². The lowest BCUT2D eigenvalue weighted by atomic mass is 10.1. The fraction of sp³-hybridized carbons (Fsp3) is 0.267. The second kappa shape index (κ2) is 6.74. The number of unbranched alkanes of at least 4 members (excludes halogenated alkanes) is 1. The van der Waals surface area contributed by atoms with Crippen LogP contribution in [0.4, 0.5) is 5.69 Å². The molecule has 0 unspecified atom stereocenters. The molecule has 1 aromatic heterocycles. The maximum absolute atomic E-state index is 11.9. The van der Waals surface area contributed by atoms with E-state index >= 15 is 0 Å². The molecule has 0 atom stereocenters. The third kappa shape index (κ3) is 4.31. The van der Waals surface area contributed by atoms with Crippen molar-refractivity contribution in [2.24, 2.45) is 0 Å². The summed E-state index contributed by atoms with van der Waals surface area (Å²) in [5, 5.41) is 10.5. The molecule has 4 nitrogen and oxygen atoms in total. The van der Waals surface area contributed by atoms with Crippen molar-refractivity contribution in [1.82, 2.24) is 0 Å². The number of hydrogen-bond donors (Lipinski definition) is 1. The Morgan fingerprint density at radius 1 is 1.33 bits per heavy atom. The minimum Gasteiger partial charge on any atom is -0.284 e. The first-order valence-electron chi connectivity index (χ1n) is 6.54. The number of sulfonamides is 1. The van der Waals surface area contributed by atoms with Crippen molar-refractivity contribution < 1.29 is 8.42 Å². The Kier molecular flexibility index (Phi) is 4.99. The molecule has 21 heavy (non-hydrogen) atoms. The van der Waals surface area contributed by atoms with Gasteiger partial charge in [0.05, 0.1) is 11.8 Å². The zero-order valence-corrected chi connectivity index (χ0v) is 13.3. The third-order valence-electron chi connectivity index (χ3n) is 2.96. The Balaban J connectivity index is 2.15. The average Bonchev–Trinajstić information content (AvgIpc) is 2.85. The summed E-state index contributed by atoms with van der Waals surface area (Å²) in [7, 11) is -3.40. The predicted octanol–water partition coefficient (Wildman–Crippen LogP) is 3.77. The van der Waals surface area contributed by atoms with Gasteiger partial charge >= 0.3 is 0 Å². The molecule has 0 radical (unpaired) electrons. The van der Waals surface area contributed by atoms with Gasteiger partial charge in [-0.25, -0.2) is 8.42 Å². The maximum Gasteiger partial charge on any atom is 0.232 e. The van der Waals surface area contributed by atoms with Crippen LogP contribution in [-0.2, 0) is 10.0 Å². The SMILES string of the molecule is Cc1ccsc1-c1cccc(NS(=O)(=O)CCCC#N)c1. The average molecular weight is 320 g/mol. The molecular weight excluding hydrogens is 304 g/mol. The molecule has 0 spiro atoms. The van der Waals surface area contributed by atoms with Gasteiger partial charge in [-0.3, -0.25) is 4.72 Å². The lowest BCUT2D eigenvalue weighted by molar-refractivity contribution is 0.599. The number of nitrogens with zero attached hydrogens (tertiary/aromatic N) is 1. The van der Waals surface area contributed by atoms with Crippen molar-refractivity contribution >= 4 is 27.0 Å². The van der Waals surface area contributed by atoms with Crippen LogP contribution in [0.5, 0.6) is 0 Å². The molecule has 0 aliphatic heterocycles. The third-order valence-corrected chi connectivity index (χ3v) is 5.40. The van der Waals surface area contributed by atoms with Gasteiger partial charge in [0.25, 0.3) is 0 Å². The topological polar surface area (TPSA) is 70.0 Å². The lowest BCUT2D eigenvalue weighted by Gasteiger charge is -2.09. The first-order valence-corrected chi connectivity index (χ1v) is 9.07.